The molecule has 0 aliphatic carbocycles. The lowest BCUT2D eigenvalue weighted by molar-refractivity contribution is -0.146. The fourth-order valence-electron chi connectivity index (χ4n) is 3.51. The first-order valence-corrected chi connectivity index (χ1v) is 10.4. The van der Waals surface area contributed by atoms with Crippen molar-refractivity contribution in [1.29, 1.82) is 0 Å². The molecule has 0 fully saturated rings. The topological polar surface area (TPSA) is 131 Å². The Labute approximate surface area is 186 Å². The maximum absolute atomic E-state index is 13.5. The number of carbonyl (C=O) groups is 2. The SMILES string of the molecule is CC(=O)N(C)c1nc(-c2ccc(F)cc2)c(CCC(O)CC(O)CC(=O)ON)n1C(C)C. The summed E-state index contributed by atoms with van der Waals surface area (Å²) in [6.45, 7) is 5.35. The summed E-state index contributed by atoms with van der Waals surface area (Å²) in [7, 11) is 1.63. The van der Waals surface area contributed by atoms with Crippen LogP contribution in [0, 0.1) is 5.82 Å². The van der Waals surface area contributed by atoms with Gasteiger partial charge < -0.3 is 19.6 Å². The van der Waals surface area contributed by atoms with E-state index in [4.69, 9.17) is 5.90 Å². The van der Waals surface area contributed by atoms with Crippen LogP contribution in [0.3, 0.4) is 0 Å². The molecular formula is C22H31FN4O5. The van der Waals surface area contributed by atoms with Crippen molar-refractivity contribution in [3.8, 4) is 11.3 Å². The molecule has 9 nitrogen and oxygen atoms in total. The summed E-state index contributed by atoms with van der Waals surface area (Å²) in [6.07, 6.45) is -1.69. The maximum Gasteiger partial charge on any atom is 0.327 e. The van der Waals surface area contributed by atoms with Crippen molar-refractivity contribution in [3.05, 3.63) is 35.8 Å². The first-order chi connectivity index (χ1) is 15.0. The Bertz CT molecular complexity index is 929. The highest BCUT2D eigenvalue weighted by molar-refractivity contribution is 5.89. The van der Waals surface area contributed by atoms with E-state index in [1.54, 1.807) is 19.2 Å². The molecule has 32 heavy (non-hydrogen) atoms. The minimum absolute atomic E-state index is 0.0308. The van der Waals surface area contributed by atoms with Crippen LogP contribution in [-0.4, -0.2) is 50.9 Å². The number of halogens is 1. The van der Waals surface area contributed by atoms with E-state index in [0.29, 0.717) is 23.6 Å². The van der Waals surface area contributed by atoms with Gasteiger partial charge in [-0.25, -0.2) is 9.37 Å². The normalized spacial score (nSPS) is 13.2. The second-order valence-electron chi connectivity index (χ2n) is 8.03. The number of aliphatic hydroxyl groups excluding tert-OH is 2. The van der Waals surface area contributed by atoms with Crippen molar-refractivity contribution >= 4 is 17.8 Å². The lowest BCUT2D eigenvalue weighted by Gasteiger charge is -2.21. The molecule has 0 aliphatic rings. The van der Waals surface area contributed by atoms with Gasteiger partial charge in [-0.3, -0.25) is 14.5 Å². The minimum Gasteiger partial charge on any atom is -0.393 e. The minimum atomic E-state index is -1.09. The largest absolute Gasteiger partial charge is 0.393 e. The Balaban J connectivity index is 2.37. The van der Waals surface area contributed by atoms with E-state index in [9.17, 15) is 24.2 Å². The molecular weight excluding hydrogens is 419 g/mol. The van der Waals surface area contributed by atoms with Crippen molar-refractivity contribution in [2.45, 2.75) is 64.7 Å². The average Bonchev–Trinajstić information content (AvgIpc) is 3.11. The zero-order chi connectivity index (χ0) is 24.0. The summed E-state index contributed by atoms with van der Waals surface area (Å²) in [4.78, 5) is 33.4. The summed E-state index contributed by atoms with van der Waals surface area (Å²) in [6, 6.07) is 5.85. The van der Waals surface area contributed by atoms with Crippen molar-refractivity contribution in [2.75, 3.05) is 11.9 Å². The standard InChI is InChI=1S/C22H31FN4O5/c1-13(2)27-19(10-9-17(29)11-18(30)12-20(31)32-24)21(15-5-7-16(23)8-6-15)25-22(27)26(4)14(3)28/h5-8,13,17-18,29-30H,9-12,24H2,1-4H3. The lowest BCUT2D eigenvalue weighted by Crippen LogP contribution is -2.27. The number of nitrogens with zero attached hydrogens (tertiary/aromatic N) is 3. The fourth-order valence-corrected chi connectivity index (χ4v) is 3.51. The van der Waals surface area contributed by atoms with Gasteiger partial charge in [0.25, 0.3) is 0 Å². The summed E-state index contributed by atoms with van der Waals surface area (Å²) >= 11 is 0. The molecule has 2 aromatic rings. The van der Waals surface area contributed by atoms with Crippen LogP contribution in [-0.2, 0) is 20.8 Å². The van der Waals surface area contributed by atoms with E-state index >= 15 is 0 Å². The molecule has 0 saturated heterocycles. The second-order valence-corrected chi connectivity index (χ2v) is 8.03. The third kappa shape index (κ3) is 6.35. The van der Waals surface area contributed by atoms with E-state index < -0.39 is 18.2 Å². The number of aliphatic hydroxyl groups is 2. The quantitative estimate of drug-likeness (QED) is 0.473. The van der Waals surface area contributed by atoms with Gasteiger partial charge in [0.15, 0.2) is 0 Å². The first-order valence-electron chi connectivity index (χ1n) is 10.4. The van der Waals surface area contributed by atoms with Crippen molar-refractivity contribution in [3.63, 3.8) is 0 Å². The van der Waals surface area contributed by atoms with Crippen molar-refractivity contribution in [1.82, 2.24) is 9.55 Å². The molecule has 176 valence electrons. The fraction of sp³-hybridized carbons (Fsp3) is 0.500. The second kappa shape index (κ2) is 11.2. The summed E-state index contributed by atoms with van der Waals surface area (Å²) in [5.41, 5.74) is 2.03. The summed E-state index contributed by atoms with van der Waals surface area (Å²) < 4.78 is 15.4. The number of aromatic nitrogens is 2. The maximum atomic E-state index is 13.5. The van der Waals surface area contributed by atoms with Crippen LogP contribution >= 0.6 is 0 Å². The Kier molecular flexibility index (Phi) is 8.88. The van der Waals surface area contributed by atoms with Gasteiger partial charge in [-0.2, -0.15) is 5.90 Å². The van der Waals surface area contributed by atoms with Crippen LogP contribution in [0.2, 0.25) is 0 Å². The number of anilines is 1. The van der Waals surface area contributed by atoms with E-state index in [2.05, 4.69) is 9.82 Å². The molecule has 1 aromatic carbocycles. The van der Waals surface area contributed by atoms with Gasteiger partial charge in [-0.1, -0.05) is 0 Å². The van der Waals surface area contributed by atoms with Crippen molar-refractivity contribution in [2.24, 2.45) is 5.90 Å². The highest BCUT2D eigenvalue weighted by Crippen LogP contribution is 2.32. The molecule has 1 amide bonds. The zero-order valence-electron chi connectivity index (χ0n) is 18.8. The molecule has 2 rings (SSSR count). The monoisotopic (exact) mass is 450 g/mol. The van der Waals surface area contributed by atoms with E-state index in [0.717, 1.165) is 5.69 Å². The van der Waals surface area contributed by atoms with Gasteiger partial charge in [0.2, 0.25) is 11.9 Å². The van der Waals surface area contributed by atoms with Crippen molar-refractivity contribution < 1.29 is 29.0 Å². The van der Waals surface area contributed by atoms with Gasteiger partial charge in [0.05, 0.1) is 24.3 Å². The molecule has 10 heteroatoms. The zero-order valence-corrected chi connectivity index (χ0v) is 18.8. The van der Waals surface area contributed by atoms with E-state index in [1.807, 2.05) is 18.4 Å². The molecule has 0 bridgehead atoms. The number of benzene rings is 1. The predicted molar refractivity (Wildman–Crippen MR) is 117 cm³/mol. The summed E-state index contributed by atoms with van der Waals surface area (Å²) in [5.74, 6) is 3.89. The molecule has 0 spiro atoms. The number of nitrogens with two attached hydrogens (primary N) is 1. The molecule has 1 aromatic heterocycles. The Morgan fingerprint density at radius 2 is 1.84 bits per heavy atom. The number of carbonyl (C=O) groups excluding carboxylic acids is 2. The smallest absolute Gasteiger partial charge is 0.327 e. The first kappa shape index (κ1) is 25.4. The third-order valence-corrected chi connectivity index (χ3v) is 5.19. The number of hydrogen-bond acceptors (Lipinski definition) is 7. The van der Waals surface area contributed by atoms with Crippen LogP contribution in [0.15, 0.2) is 24.3 Å². The molecule has 2 unspecified atom stereocenters. The third-order valence-electron chi connectivity index (χ3n) is 5.19. The van der Waals surface area contributed by atoms with Crippen LogP contribution in [0.1, 0.15) is 51.8 Å². The molecule has 0 radical (unpaired) electrons. The Hall–Kier alpha value is -2.82. The van der Waals surface area contributed by atoms with Crippen LogP contribution < -0.4 is 10.8 Å². The van der Waals surface area contributed by atoms with Crippen LogP contribution in [0.25, 0.3) is 11.3 Å². The van der Waals surface area contributed by atoms with E-state index in [-0.39, 0.29) is 37.0 Å². The number of rotatable bonds is 10. The molecule has 1 heterocycles. The highest BCUT2D eigenvalue weighted by Gasteiger charge is 2.25. The molecule has 2 atom stereocenters. The van der Waals surface area contributed by atoms with E-state index in [1.165, 1.54) is 24.0 Å². The predicted octanol–water partition coefficient (Wildman–Crippen LogP) is 2.10. The van der Waals surface area contributed by atoms with Gasteiger partial charge in [-0.05, 0) is 57.4 Å². The van der Waals surface area contributed by atoms with Gasteiger partial charge in [-0.15, -0.1) is 0 Å². The van der Waals surface area contributed by atoms with Gasteiger partial charge in [0, 0.05) is 31.3 Å². The molecule has 4 N–H and O–H groups in total. The van der Waals surface area contributed by atoms with Gasteiger partial charge >= 0.3 is 5.97 Å². The van der Waals surface area contributed by atoms with Crippen LogP contribution in [0.4, 0.5) is 10.3 Å². The van der Waals surface area contributed by atoms with Crippen LogP contribution in [0.5, 0.6) is 0 Å². The Morgan fingerprint density at radius 3 is 2.38 bits per heavy atom. The number of imidazole rings is 1. The highest BCUT2D eigenvalue weighted by atomic mass is 19.1. The Morgan fingerprint density at radius 1 is 1.22 bits per heavy atom. The molecule has 0 aliphatic heterocycles. The molecule has 0 saturated carbocycles. The average molecular weight is 451 g/mol. The lowest BCUT2D eigenvalue weighted by atomic mass is 10.0. The number of amides is 1. The summed E-state index contributed by atoms with van der Waals surface area (Å²) in [5, 5.41) is 20.4. The van der Waals surface area contributed by atoms with Gasteiger partial charge in [0.1, 0.15) is 5.82 Å². The number of hydrogen-bond donors (Lipinski definition) is 3.